The van der Waals surface area contributed by atoms with Crippen LogP contribution in [-0.4, -0.2) is 38.0 Å². The Kier molecular flexibility index (Phi) is 8.12. The van der Waals surface area contributed by atoms with Crippen LogP contribution in [0.1, 0.15) is 46.6 Å². The van der Waals surface area contributed by atoms with Crippen LogP contribution in [0.15, 0.2) is 47.4 Å². The normalized spacial score (nSPS) is 12.7. The SMILES string of the molecule is CCC(C)N(Cc1ccccc1OS(=O)(=O)c1ccc(OC)c(F)c1)C(=O)NC(C)(C)C. The Morgan fingerprint density at radius 3 is 2.38 bits per heavy atom. The van der Waals surface area contributed by atoms with Crippen LogP contribution in [0.3, 0.4) is 0 Å². The molecule has 32 heavy (non-hydrogen) atoms. The molecule has 0 saturated carbocycles. The molecule has 2 rings (SSSR count). The standard InChI is InChI=1S/C23H31FN2O5S/c1-7-16(2)26(22(27)25-23(3,4)5)15-17-10-8-9-11-20(17)31-32(28,29)18-12-13-21(30-6)19(24)14-18/h8-14,16H,7,15H2,1-6H3,(H,25,27). The molecule has 0 bridgehead atoms. The quantitative estimate of drug-likeness (QED) is 0.570. The first-order valence-electron chi connectivity index (χ1n) is 10.3. The van der Waals surface area contributed by atoms with E-state index in [0.717, 1.165) is 6.07 Å². The zero-order valence-electron chi connectivity index (χ0n) is 19.3. The largest absolute Gasteiger partial charge is 0.494 e. The van der Waals surface area contributed by atoms with Gasteiger partial charge >= 0.3 is 16.1 Å². The number of hydrogen-bond acceptors (Lipinski definition) is 5. The predicted octanol–water partition coefficient (Wildman–Crippen LogP) is 4.71. The Morgan fingerprint density at radius 1 is 1.16 bits per heavy atom. The Hall–Kier alpha value is -2.81. The topological polar surface area (TPSA) is 84.9 Å². The van der Waals surface area contributed by atoms with Gasteiger partial charge in [0.05, 0.1) is 13.7 Å². The number of methoxy groups -OCH3 is 1. The van der Waals surface area contributed by atoms with Gasteiger partial charge in [-0.15, -0.1) is 0 Å². The Bertz CT molecular complexity index is 1050. The van der Waals surface area contributed by atoms with Crippen LogP contribution >= 0.6 is 0 Å². The summed E-state index contributed by atoms with van der Waals surface area (Å²) in [4.78, 5) is 14.2. The summed E-state index contributed by atoms with van der Waals surface area (Å²) in [6.07, 6.45) is 0.712. The van der Waals surface area contributed by atoms with Crippen LogP contribution < -0.4 is 14.2 Å². The van der Waals surface area contributed by atoms with E-state index in [9.17, 15) is 17.6 Å². The molecule has 0 aliphatic heterocycles. The van der Waals surface area contributed by atoms with Crippen molar-refractivity contribution in [3.8, 4) is 11.5 Å². The van der Waals surface area contributed by atoms with E-state index in [0.29, 0.717) is 12.0 Å². The van der Waals surface area contributed by atoms with Crippen LogP contribution in [-0.2, 0) is 16.7 Å². The summed E-state index contributed by atoms with van der Waals surface area (Å²) in [5.41, 5.74) is 0.0788. The molecule has 0 heterocycles. The first kappa shape index (κ1) is 25.5. The number of carbonyl (C=O) groups is 1. The summed E-state index contributed by atoms with van der Waals surface area (Å²) in [5.74, 6) is -0.814. The maximum atomic E-state index is 14.0. The van der Waals surface area contributed by atoms with Crippen molar-refractivity contribution in [2.45, 2.75) is 64.1 Å². The van der Waals surface area contributed by atoms with E-state index in [1.807, 2.05) is 34.6 Å². The second kappa shape index (κ2) is 10.2. The number of hydrogen-bond donors (Lipinski definition) is 1. The lowest BCUT2D eigenvalue weighted by Crippen LogP contribution is -2.50. The van der Waals surface area contributed by atoms with Crippen molar-refractivity contribution < 1.29 is 26.5 Å². The third-order valence-electron chi connectivity index (χ3n) is 4.79. The summed E-state index contributed by atoms with van der Waals surface area (Å²) in [5, 5.41) is 2.94. The van der Waals surface area contributed by atoms with E-state index >= 15 is 0 Å². The second-order valence-corrected chi connectivity index (χ2v) is 10.1. The summed E-state index contributed by atoms with van der Waals surface area (Å²) in [6.45, 7) is 9.68. The van der Waals surface area contributed by atoms with Gasteiger partial charge in [0.25, 0.3) is 0 Å². The predicted molar refractivity (Wildman–Crippen MR) is 121 cm³/mol. The van der Waals surface area contributed by atoms with Crippen molar-refractivity contribution in [2.75, 3.05) is 7.11 Å². The molecular formula is C23H31FN2O5S. The van der Waals surface area contributed by atoms with E-state index < -0.39 is 21.5 Å². The third-order valence-corrected chi connectivity index (χ3v) is 6.02. The molecule has 0 saturated heterocycles. The van der Waals surface area contributed by atoms with Crippen LogP contribution in [0, 0.1) is 5.82 Å². The number of para-hydroxylation sites is 1. The first-order valence-corrected chi connectivity index (χ1v) is 11.7. The molecule has 0 aliphatic carbocycles. The number of halogens is 1. The molecule has 1 atom stereocenters. The van der Waals surface area contributed by atoms with Crippen LogP contribution in [0.2, 0.25) is 0 Å². The molecule has 0 fully saturated rings. The number of urea groups is 1. The molecule has 176 valence electrons. The number of nitrogens with one attached hydrogen (secondary N) is 1. The van der Waals surface area contributed by atoms with Gasteiger partial charge in [0, 0.05) is 17.1 Å². The molecule has 0 radical (unpaired) electrons. The minimum atomic E-state index is -4.31. The van der Waals surface area contributed by atoms with Gasteiger partial charge in [0.15, 0.2) is 11.6 Å². The molecule has 1 unspecified atom stereocenters. The number of nitrogens with zero attached hydrogens (tertiary/aromatic N) is 1. The highest BCUT2D eigenvalue weighted by atomic mass is 32.2. The third kappa shape index (κ3) is 6.59. The van der Waals surface area contributed by atoms with Gasteiger partial charge < -0.3 is 19.1 Å². The molecule has 0 spiro atoms. The number of rotatable bonds is 8. The molecule has 0 aliphatic rings. The van der Waals surface area contributed by atoms with E-state index in [1.165, 1.54) is 25.3 Å². The summed E-state index contributed by atoms with van der Waals surface area (Å²) >= 11 is 0. The van der Waals surface area contributed by atoms with E-state index in [1.54, 1.807) is 23.1 Å². The fourth-order valence-electron chi connectivity index (χ4n) is 2.91. The van der Waals surface area contributed by atoms with Gasteiger partial charge in [-0.3, -0.25) is 0 Å². The Morgan fingerprint density at radius 2 is 1.81 bits per heavy atom. The number of ether oxygens (including phenoxy) is 1. The van der Waals surface area contributed by atoms with Crippen LogP contribution in [0.25, 0.3) is 0 Å². The minimum absolute atomic E-state index is 0.0700. The molecular weight excluding hydrogens is 435 g/mol. The van der Waals surface area contributed by atoms with Gasteiger partial charge in [-0.25, -0.2) is 9.18 Å². The van der Waals surface area contributed by atoms with Gasteiger partial charge in [-0.2, -0.15) is 8.42 Å². The van der Waals surface area contributed by atoms with Gasteiger partial charge in [0.2, 0.25) is 0 Å². The van der Waals surface area contributed by atoms with E-state index in [-0.39, 0.29) is 35.0 Å². The molecule has 1 N–H and O–H groups in total. The molecule has 2 amide bonds. The van der Waals surface area contributed by atoms with Gasteiger partial charge in [0.1, 0.15) is 10.6 Å². The highest BCUT2D eigenvalue weighted by molar-refractivity contribution is 7.87. The minimum Gasteiger partial charge on any atom is -0.494 e. The number of amides is 2. The van der Waals surface area contributed by atoms with Crippen LogP contribution in [0.4, 0.5) is 9.18 Å². The van der Waals surface area contributed by atoms with E-state index in [2.05, 4.69) is 5.32 Å². The smallest absolute Gasteiger partial charge is 0.339 e. The van der Waals surface area contributed by atoms with Crippen molar-refractivity contribution in [1.82, 2.24) is 10.2 Å². The molecule has 2 aromatic rings. The summed E-state index contributed by atoms with van der Waals surface area (Å²) in [6, 6.07) is 9.48. The maximum absolute atomic E-state index is 14.0. The highest BCUT2D eigenvalue weighted by Crippen LogP contribution is 2.27. The van der Waals surface area contributed by atoms with Crippen molar-refractivity contribution in [3.63, 3.8) is 0 Å². The Balaban J connectivity index is 2.35. The second-order valence-electron chi connectivity index (χ2n) is 8.51. The molecule has 0 aromatic heterocycles. The van der Waals surface area contributed by atoms with Crippen LogP contribution in [0.5, 0.6) is 11.5 Å². The lowest BCUT2D eigenvalue weighted by Gasteiger charge is -2.32. The molecule has 2 aromatic carbocycles. The zero-order valence-corrected chi connectivity index (χ0v) is 20.1. The lowest BCUT2D eigenvalue weighted by molar-refractivity contribution is 0.164. The fourth-order valence-corrected chi connectivity index (χ4v) is 3.89. The number of benzene rings is 2. The monoisotopic (exact) mass is 466 g/mol. The average Bonchev–Trinajstić information content (AvgIpc) is 2.70. The zero-order chi connectivity index (χ0) is 24.1. The average molecular weight is 467 g/mol. The van der Waals surface area contributed by atoms with Gasteiger partial charge in [-0.1, -0.05) is 25.1 Å². The summed E-state index contributed by atoms with van der Waals surface area (Å²) < 4.78 is 49.8. The number of carbonyl (C=O) groups excluding carboxylic acids is 1. The highest BCUT2D eigenvalue weighted by Gasteiger charge is 2.26. The van der Waals surface area contributed by atoms with Crippen molar-refractivity contribution in [1.29, 1.82) is 0 Å². The molecule has 9 heteroatoms. The van der Waals surface area contributed by atoms with Crippen molar-refractivity contribution >= 4 is 16.1 Å². The fraction of sp³-hybridized carbons (Fsp3) is 0.435. The maximum Gasteiger partial charge on any atom is 0.339 e. The van der Waals surface area contributed by atoms with Crippen molar-refractivity contribution in [2.24, 2.45) is 0 Å². The molecule has 7 nitrogen and oxygen atoms in total. The lowest BCUT2D eigenvalue weighted by atomic mass is 10.1. The van der Waals surface area contributed by atoms with Gasteiger partial charge in [-0.05, 0) is 58.4 Å². The van der Waals surface area contributed by atoms with E-state index in [4.69, 9.17) is 8.92 Å². The Labute approximate surface area is 189 Å². The van der Waals surface area contributed by atoms with Crippen molar-refractivity contribution in [3.05, 3.63) is 53.8 Å². The first-order chi connectivity index (χ1) is 14.9. The summed E-state index contributed by atoms with van der Waals surface area (Å²) in [7, 11) is -3.02.